The van der Waals surface area contributed by atoms with E-state index in [2.05, 4.69) is 30.7 Å². The number of rotatable bonds is 6. The van der Waals surface area contributed by atoms with Crippen LogP contribution in [0, 0.1) is 6.92 Å². The van der Waals surface area contributed by atoms with Crippen molar-refractivity contribution in [2.24, 2.45) is 0 Å². The number of nitrogens with two attached hydrogens (primary N) is 1. The van der Waals surface area contributed by atoms with Crippen molar-refractivity contribution in [3.63, 3.8) is 0 Å². The second-order valence-corrected chi connectivity index (χ2v) is 9.03. The van der Waals surface area contributed by atoms with Gasteiger partial charge in [-0.3, -0.25) is 4.79 Å². The normalized spacial score (nSPS) is 20.1. The summed E-state index contributed by atoms with van der Waals surface area (Å²) in [7, 11) is 0. The quantitative estimate of drug-likeness (QED) is 0.396. The second-order valence-electron chi connectivity index (χ2n) is 9.03. The molecular weight excluding hydrogens is 444 g/mol. The fourth-order valence-corrected chi connectivity index (χ4v) is 4.78. The molecule has 1 aliphatic carbocycles. The number of anilines is 2. The van der Waals surface area contributed by atoms with Crippen LogP contribution in [0.5, 0.6) is 0 Å². The van der Waals surface area contributed by atoms with E-state index in [4.69, 9.17) is 5.73 Å². The number of fused-ring (bicyclic) bond motifs is 2. The summed E-state index contributed by atoms with van der Waals surface area (Å²) in [6.07, 6.45) is 0.739. The van der Waals surface area contributed by atoms with Crippen molar-refractivity contribution in [3.8, 4) is 11.3 Å². The highest BCUT2D eigenvalue weighted by Crippen LogP contribution is 2.34. The van der Waals surface area contributed by atoms with E-state index in [1.807, 2.05) is 13.0 Å². The maximum atomic E-state index is 13.1. The molecule has 0 spiro atoms. The first-order valence-electron chi connectivity index (χ1n) is 10.9. The molecule has 4 aromatic rings. The van der Waals surface area contributed by atoms with Crippen molar-refractivity contribution < 1.29 is 13.6 Å². The van der Waals surface area contributed by atoms with Gasteiger partial charge >= 0.3 is 0 Å². The molecule has 4 aromatic heterocycles. The standard InChI is InChI=1S/C22H25F2N9O/c1-11-26-16-5-4-15(28-20(16)32(11)10-17(23)24)14-6-7-33-18(14)19(25)29-21(31-33)27-13-8-22(3,9-13)30-12(2)34/h4-7,13,17H,8-10H2,1-3H3,(H,30,34)(H3,25,27,29,31). The summed E-state index contributed by atoms with van der Waals surface area (Å²) < 4.78 is 29.2. The van der Waals surface area contributed by atoms with Crippen molar-refractivity contribution >= 4 is 34.4 Å². The number of amides is 1. The number of carbonyl (C=O) groups excluding carboxylic acids is 1. The van der Waals surface area contributed by atoms with Gasteiger partial charge in [0.05, 0.1) is 12.2 Å². The van der Waals surface area contributed by atoms with Crippen LogP contribution in [0.1, 0.15) is 32.5 Å². The lowest BCUT2D eigenvalue weighted by molar-refractivity contribution is -0.121. The fraction of sp³-hybridized carbons (Fsp3) is 0.409. The van der Waals surface area contributed by atoms with Crippen molar-refractivity contribution in [2.45, 2.75) is 58.2 Å². The third kappa shape index (κ3) is 3.88. The molecule has 5 rings (SSSR count). The lowest BCUT2D eigenvalue weighted by Crippen LogP contribution is -2.59. The molecule has 0 radical (unpaired) electrons. The number of alkyl halides is 2. The van der Waals surface area contributed by atoms with Crippen molar-refractivity contribution in [2.75, 3.05) is 11.1 Å². The summed E-state index contributed by atoms with van der Waals surface area (Å²) in [5, 5.41) is 10.7. The van der Waals surface area contributed by atoms with E-state index >= 15 is 0 Å². The minimum Gasteiger partial charge on any atom is -0.382 e. The summed E-state index contributed by atoms with van der Waals surface area (Å²) >= 11 is 0. The summed E-state index contributed by atoms with van der Waals surface area (Å²) in [6, 6.07) is 5.47. The average molecular weight is 470 g/mol. The molecule has 0 saturated heterocycles. The zero-order chi connectivity index (χ0) is 24.2. The third-order valence-electron chi connectivity index (χ3n) is 6.12. The van der Waals surface area contributed by atoms with Gasteiger partial charge in [-0.1, -0.05) is 0 Å². The number of hydrogen-bond donors (Lipinski definition) is 3. The molecule has 1 saturated carbocycles. The van der Waals surface area contributed by atoms with E-state index in [1.54, 1.807) is 29.8 Å². The molecule has 0 aliphatic heterocycles. The zero-order valence-corrected chi connectivity index (χ0v) is 19.0. The number of nitrogens with one attached hydrogen (secondary N) is 2. The van der Waals surface area contributed by atoms with Crippen LogP contribution in [0.2, 0.25) is 0 Å². The summed E-state index contributed by atoms with van der Waals surface area (Å²) in [5.41, 5.74) is 8.82. The molecule has 12 heteroatoms. The van der Waals surface area contributed by atoms with Crippen molar-refractivity contribution in [3.05, 3.63) is 30.2 Å². The first-order valence-corrected chi connectivity index (χ1v) is 10.9. The molecule has 0 unspecified atom stereocenters. The number of hydrogen-bond acceptors (Lipinski definition) is 7. The van der Waals surface area contributed by atoms with Gasteiger partial charge in [-0.2, -0.15) is 4.98 Å². The molecular formula is C22H25F2N9O. The predicted molar refractivity (Wildman–Crippen MR) is 124 cm³/mol. The van der Waals surface area contributed by atoms with E-state index in [9.17, 15) is 13.6 Å². The summed E-state index contributed by atoms with van der Waals surface area (Å²) in [5.74, 6) is 1.07. The van der Waals surface area contributed by atoms with Gasteiger partial charge in [-0.15, -0.1) is 5.10 Å². The number of carbonyl (C=O) groups is 1. The lowest BCUT2D eigenvalue weighted by Gasteiger charge is -2.45. The van der Waals surface area contributed by atoms with Crippen LogP contribution in [0.25, 0.3) is 27.9 Å². The highest BCUT2D eigenvalue weighted by Gasteiger charge is 2.41. The molecule has 0 atom stereocenters. The predicted octanol–water partition coefficient (Wildman–Crippen LogP) is 2.77. The molecule has 34 heavy (non-hydrogen) atoms. The molecule has 178 valence electrons. The van der Waals surface area contributed by atoms with E-state index in [0.29, 0.717) is 39.7 Å². The molecule has 4 heterocycles. The molecule has 0 bridgehead atoms. The molecule has 0 aromatic carbocycles. The average Bonchev–Trinajstić information content (AvgIpc) is 3.27. The van der Waals surface area contributed by atoms with E-state index in [-0.39, 0.29) is 23.3 Å². The summed E-state index contributed by atoms with van der Waals surface area (Å²) in [6.45, 7) is 4.71. The van der Waals surface area contributed by atoms with Crippen LogP contribution in [-0.4, -0.2) is 53.0 Å². The van der Waals surface area contributed by atoms with Gasteiger partial charge in [0.2, 0.25) is 11.9 Å². The monoisotopic (exact) mass is 469 g/mol. The number of nitrogen functional groups attached to an aromatic ring is 1. The Kier molecular flexibility index (Phi) is 5.10. The Hall–Kier alpha value is -3.83. The minimum atomic E-state index is -2.52. The van der Waals surface area contributed by atoms with Crippen LogP contribution in [0.15, 0.2) is 24.4 Å². The second kappa shape index (κ2) is 7.89. The molecule has 10 nitrogen and oxygen atoms in total. The zero-order valence-electron chi connectivity index (χ0n) is 19.0. The third-order valence-corrected chi connectivity index (χ3v) is 6.12. The van der Waals surface area contributed by atoms with E-state index < -0.39 is 13.0 Å². The number of halogens is 2. The van der Waals surface area contributed by atoms with E-state index in [1.165, 1.54) is 11.5 Å². The highest BCUT2D eigenvalue weighted by molar-refractivity contribution is 5.88. The first kappa shape index (κ1) is 22.0. The maximum Gasteiger partial charge on any atom is 0.256 e. The Morgan fingerprint density at radius 2 is 2.03 bits per heavy atom. The van der Waals surface area contributed by atoms with Crippen molar-refractivity contribution in [1.82, 2.24) is 34.4 Å². The van der Waals surface area contributed by atoms with Gasteiger partial charge in [0.1, 0.15) is 16.9 Å². The molecule has 1 amide bonds. The first-order chi connectivity index (χ1) is 16.1. The van der Waals surface area contributed by atoms with Gasteiger partial charge in [0, 0.05) is 30.3 Å². The Morgan fingerprint density at radius 1 is 1.26 bits per heavy atom. The minimum absolute atomic E-state index is 0.0538. The fourth-order valence-electron chi connectivity index (χ4n) is 4.78. The van der Waals surface area contributed by atoms with Crippen LogP contribution >= 0.6 is 0 Å². The Labute approximate surface area is 193 Å². The molecule has 1 fully saturated rings. The number of pyridine rings is 1. The van der Waals surface area contributed by atoms with Gasteiger partial charge < -0.3 is 20.9 Å². The number of nitrogens with zero attached hydrogens (tertiary/aromatic N) is 6. The van der Waals surface area contributed by atoms with Gasteiger partial charge in [0.25, 0.3) is 6.43 Å². The largest absolute Gasteiger partial charge is 0.382 e. The maximum absolute atomic E-state index is 13.1. The van der Waals surface area contributed by atoms with Gasteiger partial charge in [-0.05, 0) is 44.9 Å². The number of imidazole rings is 1. The smallest absolute Gasteiger partial charge is 0.256 e. The molecule has 4 N–H and O–H groups in total. The van der Waals surface area contributed by atoms with Crippen LogP contribution in [0.3, 0.4) is 0 Å². The summed E-state index contributed by atoms with van der Waals surface area (Å²) in [4.78, 5) is 24.7. The van der Waals surface area contributed by atoms with Crippen LogP contribution < -0.4 is 16.4 Å². The SMILES string of the molecule is CC(=O)NC1(C)CC(Nc2nc(N)c3c(-c4ccc5nc(C)n(CC(F)F)c5n4)ccn3n2)C1. The Bertz CT molecular complexity index is 1400. The van der Waals surface area contributed by atoms with Gasteiger partial charge in [-0.25, -0.2) is 23.3 Å². The van der Waals surface area contributed by atoms with Crippen molar-refractivity contribution in [1.29, 1.82) is 0 Å². The number of aryl methyl sites for hydroxylation is 1. The van der Waals surface area contributed by atoms with E-state index in [0.717, 1.165) is 12.8 Å². The Morgan fingerprint density at radius 3 is 2.74 bits per heavy atom. The topological polar surface area (TPSA) is 128 Å². The van der Waals surface area contributed by atoms with Gasteiger partial charge in [0.15, 0.2) is 11.5 Å². The van der Waals surface area contributed by atoms with Crippen LogP contribution in [-0.2, 0) is 11.3 Å². The Balaban J connectivity index is 1.44. The highest BCUT2D eigenvalue weighted by atomic mass is 19.3. The molecule has 1 aliphatic rings. The van der Waals surface area contributed by atoms with Crippen LogP contribution in [0.4, 0.5) is 20.5 Å². The lowest BCUT2D eigenvalue weighted by atomic mass is 9.74. The number of aromatic nitrogens is 6.